The summed E-state index contributed by atoms with van der Waals surface area (Å²) in [4.78, 5) is 1.14. The lowest BCUT2D eigenvalue weighted by Gasteiger charge is -2.10. The molecule has 0 aliphatic carbocycles. The van der Waals surface area contributed by atoms with Crippen molar-refractivity contribution in [1.82, 2.24) is 0 Å². The molecule has 0 aliphatic heterocycles. The predicted octanol–water partition coefficient (Wildman–Crippen LogP) is 3.59. The van der Waals surface area contributed by atoms with E-state index < -0.39 is 6.10 Å². The summed E-state index contributed by atoms with van der Waals surface area (Å²) in [7, 11) is 0. The molecule has 3 heteroatoms. The van der Waals surface area contributed by atoms with Gasteiger partial charge >= 0.3 is 0 Å². The molecule has 1 N–H and O–H groups in total. The largest absolute Gasteiger partial charge is 0.384 e. The Labute approximate surface area is 98.2 Å². The summed E-state index contributed by atoms with van der Waals surface area (Å²) in [5.41, 5.74) is 2.02. The fourth-order valence-corrected chi connectivity index (χ4v) is 2.30. The van der Waals surface area contributed by atoms with Crippen molar-refractivity contribution >= 4 is 11.3 Å². The van der Waals surface area contributed by atoms with Gasteiger partial charge in [-0.15, -0.1) is 11.3 Å². The van der Waals surface area contributed by atoms with Crippen LogP contribution in [0.1, 0.15) is 27.7 Å². The van der Waals surface area contributed by atoms with Gasteiger partial charge < -0.3 is 5.11 Å². The van der Waals surface area contributed by atoms with E-state index in [9.17, 15) is 9.50 Å². The fraction of sp³-hybridized carbons (Fsp3) is 0.231. The van der Waals surface area contributed by atoms with Gasteiger partial charge in [0.05, 0.1) is 0 Å². The highest BCUT2D eigenvalue weighted by Gasteiger charge is 2.13. The maximum absolute atomic E-state index is 13.4. The maximum Gasteiger partial charge on any atom is 0.126 e. The SMILES string of the molecule is Cc1cc(C(O)c2ccc(C)c(F)c2)cs1. The number of aliphatic hydroxyl groups is 1. The van der Waals surface area contributed by atoms with E-state index in [0.717, 1.165) is 10.4 Å². The molecule has 1 aromatic carbocycles. The third kappa shape index (κ3) is 2.15. The molecule has 1 nitrogen and oxygen atoms in total. The molecule has 0 fully saturated rings. The van der Waals surface area contributed by atoms with Crippen LogP contribution in [0.15, 0.2) is 29.6 Å². The molecular weight excluding hydrogens is 223 g/mol. The Morgan fingerprint density at radius 2 is 1.94 bits per heavy atom. The van der Waals surface area contributed by atoms with Crippen LogP contribution in [0.3, 0.4) is 0 Å². The molecule has 0 saturated carbocycles. The van der Waals surface area contributed by atoms with Crippen molar-refractivity contribution in [2.75, 3.05) is 0 Å². The third-order valence-corrected chi connectivity index (χ3v) is 3.46. The molecule has 16 heavy (non-hydrogen) atoms. The monoisotopic (exact) mass is 236 g/mol. The number of rotatable bonds is 2. The van der Waals surface area contributed by atoms with Crippen molar-refractivity contribution in [1.29, 1.82) is 0 Å². The van der Waals surface area contributed by atoms with Gasteiger partial charge in [0.2, 0.25) is 0 Å². The lowest BCUT2D eigenvalue weighted by Crippen LogP contribution is -1.99. The van der Waals surface area contributed by atoms with Crippen LogP contribution >= 0.6 is 11.3 Å². The second-order valence-corrected chi connectivity index (χ2v) is 5.02. The smallest absolute Gasteiger partial charge is 0.126 e. The lowest BCUT2D eigenvalue weighted by atomic mass is 10.0. The first-order valence-electron chi connectivity index (χ1n) is 5.07. The van der Waals surface area contributed by atoms with Gasteiger partial charge in [-0.25, -0.2) is 4.39 Å². The highest BCUT2D eigenvalue weighted by atomic mass is 32.1. The van der Waals surface area contributed by atoms with Gasteiger partial charge in [-0.1, -0.05) is 12.1 Å². The molecule has 2 rings (SSSR count). The molecule has 0 radical (unpaired) electrons. The van der Waals surface area contributed by atoms with Crippen LogP contribution in [-0.4, -0.2) is 5.11 Å². The summed E-state index contributed by atoms with van der Waals surface area (Å²) in [6.07, 6.45) is -0.736. The highest BCUT2D eigenvalue weighted by molar-refractivity contribution is 7.10. The van der Waals surface area contributed by atoms with E-state index >= 15 is 0 Å². The Morgan fingerprint density at radius 3 is 2.50 bits per heavy atom. The minimum Gasteiger partial charge on any atom is -0.384 e. The van der Waals surface area contributed by atoms with Gasteiger partial charge in [0.15, 0.2) is 0 Å². The molecule has 0 amide bonds. The van der Waals surface area contributed by atoms with Crippen LogP contribution in [0.4, 0.5) is 4.39 Å². The van der Waals surface area contributed by atoms with Gasteiger partial charge in [-0.2, -0.15) is 0 Å². The van der Waals surface area contributed by atoms with Crippen LogP contribution in [0, 0.1) is 19.7 Å². The first-order chi connectivity index (χ1) is 7.58. The van der Waals surface area contributed by atoms with Crippen molar-refractivity contribution < 1.29 is 9.50 Å². The zero-order valence-electron chi connectivity index (χ0n) is 9.20. The van der Waals surface area contributed by atoms with Crippen LogP contribution in [0.2, 0.25) is 0 Å². The molecule has 0 spiro atoms. The molecule has 84 valence electrons. The Bertz CT molecular complexity index is 504. The molecule has 0 bridgehead atoms. The van der Waals surface area contributed by atoms with Crippen LogP contribution < -0.4 is 0 Å². The Hall–Kier alpha value is -1.19. The maximum atomic E-state index is 13.4. The Morgan fingerprint density at radius 1 is 1.19 bits per heavy atom. The highest BCUT2D eigenvalue weighted by Crippen LogP contribution is 2.26. The quantitative estimate of drug-likeness (QED) is 0.845. The number of hydrogen-bond donors (Lipinski definition) is 1. The van der Waals surface area contributed by atoms with E-state index in [2.05, 4.69) is 0 Å². The lowest BCUT2D eigenvalue weighted by molar-refractivity contribution is 0.220. The average Bonchev–Trinajstić information content (AvgIpc) is 2.68. The van der Waals surface area contributed by atoms with Crippen LogP contribution in [0.25, 0.3) is 0 Å². The van der Waals surface area contributed by atoms with Crippen molar-refractivity contribution in [2.45, 2.75) is 20.0 Å². The molecule has 1 unspecified atom stereocenters. The third-order valence-electron chi connectivity index (χ3n) is 2.58. The molecule has 0 aliphatic rings. The summed E-state index contributed by atoms with van der Waals surface area (Å²) in [6.45, 7) is 3.69. The summed E-state index contributed by atoms with van der Waals surface area (Å²) >= 11 is 1.58. The molecule has 1 atom stereocenters. The molecule has 0 saturated heterocycles. The zero-order valence-corrected chi connectivity index (χ0v) is 10.0. The second kappa shape index (κ2) is 4.36. The molecule has 1 aromatic heterocycles. The molecule has 2 aromatic rings. The Balaban J connectivity index is 2.33. The van der Waals surface area contributed by atoms with E-state index in [1.165, 1.54) is 6.07 Å². The molecule has 1 heterocycles. The summed E-state index contributed by atoms with van der Waals surface area (Å²) in [6, 6.07) is 6.77. The van der Waals surface area contributed by atoms with Gasteiger partial charge in [0.25, 0.3) is 0 Å². The van der Waals surface area contributed by atoms with E-state index in [0.29, 0.717) is 11.1 Å². The molecular formula is C13H13FOS. The number of hydrogen-bond acceptors (Lipinski definition) is 2. The predicted molar refractivity (Wildman–Crippen MR) is 64.3 cm³/mol. The second-order valence-electron chi connectivity index (χ2n) is 3.90. The first kappa shape index (κ1) is 11.3. The van der Waals surface area contributed by atoms with Gasteiger partial charge in [0, 0.05) is 4.88 Å². The van der Waals surface area contributed by atoms with Crippen LogP contribution in [-0.2, 0) is 0 Å². The number of aryl methyl sites for hydroxylation is 2. The van der Waals surface area contributed by atoms with E-state index in [-0.39, 0.29) is 5.82 Å². The average molecular weight is 236 g/mol. The first-order valence-corrected chi connectivity index (χ1v) is 5.95. The van der Waals surface area contributed by atoms with Gasteiger partial charge in [-0.3, -0.25) is 0 Å². The number of halogens is 1. The zero-order chi connectivity index (χ0) is 11.7. The van der Waals surface area contributed by atoms with Crippen molar-refractivity contribution in [2.24, 2.45) is 0 Å². The standard InChI is InChI=1S/C13H13FOS/c1-8-3-4-10(6-12(8)14)13(15)11-5-9(2)16-7-11/h3-7,13,15H,1-2H3. The topological polar surface area (TPSA) is 20.2 Å². The normalized spacial score (nSPS) is 12.8. The minimum atomic E-state index is -0.736. The minimum absolute atomic E-state index is 0.275. The summed E-state index contributed by atoms with van der Waals surface area (Å²) < 4.78 is 13.4. The van der Waals surface area contributed by atoms with Crippen molar-refractivity contribution in [3.05, 3.63) is 57.0 Å². The van der Waals surface area contributed by atoms with Crippen molar-refractivity contribution in [3.8, 4) is 0 Å². The van der Waals surface area contributed by atoms with E-state index in [1.807, 2.05) is 18.4 Å². The number of benzene rings is 1. The van der Waals surface area contributed by atoms with E-state index in [4.69, 9.17) is 0 Å². The summed E-state index contributed by atoms with van der Waals surface area (Å²) in [5.74, 6) is -0.275. The number of thiophene rings is 1. The van der Waals surface area contributed by atoms with Crippen LogP contribution in [0.5, 0.6) is 0 Å². The fourth-order valence-electron chi connectivity index (χ4n) is 1.58. The number of aliphatic hydroxyl groups excluding tert-OH is 1. The van der Waals surface area contributed by atoms with Gasteiger partial charge in [0.1, 0.15) is 11.9 Å². The summed E-state index contributed by atoms with van der Waals surface area (Å²) in [5, 5.41) is 12.0. The Kier molecular flexibility index (Phi) is 3.08. The van der Waals surface area contributed by atoms with Crippen molar-refractivity contribution in [3.63, 3.8) is 0 Å². The van der Waals surface area contributed by atoms with E-state index in [1.54, 1.807) is 30.4 Å². The van der Waals surface area contributed by atoms with Gasteiger partial charge in [-0.05, 0) is 48.1 Å².